The Morgan fingerprint density at radius 2 is 2.33 bits per heavy atom. The van der Waals surface area contributed by atoms with Crippen LogP contribution in [0.1, 0.15) is 0 Å². The van der Waals surface area contributed by atoms with Crippen LogP contribution in [0.2, 0.25) is 0 Å². The molecule has 15 heavy (non-hydrogen) atoms. The maximum absolute atomic E-state index is 4.33. The smallest absolute Gasteiger partial charge is 0.251 e. The van der Waals surface area contributed by atoms with Gasteiger partial charge in [0.1, 0.15) is 5.52 Å². The molecule has 2 aromatic heterocycles. The molecule has 2 rings (SSSR count). The van der Waals surface area contributed by atoms with Crippen molar-refractivity contribution in [2.75, 3.05) is 14.1 Å². The third-order valence-corrected chi connectivity index (χ3v) is 2.58. The van der Waals surface area contributed by atoms with Crippen LogP contribution in [-0.2, 0) is 0 Å². The second-order valence-electron chi connectivity index (χ2n) is 3.28. The molecule has 0 aliphatic heterocycles. The molecule has 0 saturated carbocycles. The fourth-order valence-electron chi connectivity index (χ4n) is 1.10. The van der Waals surface area contributed by atoms with E-state index in [4.69, 9.17) is 0 Å². The van der Waals surface area contributed by atoms with Crippen LogP contribution in [0.3, 0.4) is 0 Å². The summed E-state index contributed by atoms with van der Waals surface area (Å²) >= 11 is 2.23. The van der Waals surface area contributed by atoms with Gasteiger partial charge in [0.15, 0.2) is 0 Å². The maximum atomic E-state index is 4.33. The second-order valence-corrected chi connectivity index (χ2v) is 4.44. The van der Waals surface area contributed by atoms with Gasteiger partial charge in [-0.05, 0) is 22.6 Å². The molecule has 0 bridgehead atoms. The fraction of sp³-hybridized carbons (Fsp3) is 0.222. The van der Waals surface area contributed by atoms with Crippen molar-refractivity contribution in [1.29, 1.82) is 0 Å². The Morgan fingerprint density at radius 1 is 1.53 bits per heavy atom. The first-order valence-electron chi connectivity index (χ1n) is 4.37. The highest BCUT2D eigenvalue weighted by Gasteiger charge is 2.03. The predicted octanol–water partition coefficient (Wildman–Crippen LogP) is 1.78. The zero-order chi connectivity index (χ0) is 10.8. The summed E-state index contributed by atoms with van der Waals surface area (Å²) in [6, 6.07) is 0. The number of halogens is 1. The number of hydrogen-bond donors (Lipinski definition) is 1. The average molecular weight is 315 g/mol. The molecule has 1 N–H and O–H groups in total. The molecule has 0 aromatic carbocycles. The summed E-state index contributed by atoms with van der Waals surface area (Å²) in [5.74, 6) is 0.480. The molecular weight excluding hydrogens is 305 g/mol. The summed E-state index contributed by atoms with van der Waals surface area (Å²) in [5.41, 5.74) is 1.85. The first-order valence-corrected chi connectivity index (χ1v) is 5.45. The highest BCUT2D eigenvalue weighted by molar-refractivity contribution is 14.1. The van der Waals surface area contributed by atoms with Crippen LogP contribution in [0.25, 0.3) is 11.0 Å². The summed E-state index contributed by atoms with van der Waals surface area (Å²) < 4.78 is 1.08. The molecule has 0 fully saturated rings. The van der Waals surface area contributed by atoms with Crippen molar-refractivity contribution < 1.29 is 0 Å². The lowest BCUT2D eigenvalue weighted by Crippen LogP contribution is -2.07. The van der Waals surface area contributed by atoms with Crippen LogP contribution in [0, 0.1) is 3.57 Å². The first-order chi connectivity index (χ1) is 7.16. The van der Waals surface area contributed by atoms with Gasteiger partial charge in [-0.1, -0.05) is 0 Å². The van der Waals surface area contributed by atoms with Crippen LogP contribution < -0.4 is 0 Å². The normalized spacial score (nSPS) is 11.4. The van der Waals surface area contributed by atoms with Crippen molar-refractivity contribution in [2.24, 2.45) is 4.99 Å². The second kappa shape index (κ2) is 4.13. The van der Waals surface area contributed by atoms with Gasteiger partial charge in [-0.25, -0.2) is 15.0 Å². The minimum absolute atomic E-state index is 0.480. The molecule has 6 heteroatoms. The minimum Gasteiger partial charge on any atom is -0.369 e. The van der Waals surface area contributed by atoms with E-state index in [1.165, 1.54) is 0 Å². The predicted molar refractivity (Wildman–Crippen MR) is 68.4 cm³/mol. The van der Waals surface area contributed by atoms with E-state index in [0.717, 1.165) is 14.6 Å². The highest BCUT2D eigenvalue weighted by atomic mass is 127. The Hall–Kier alpha value is -1.18. The van der Waals surface area contributed by atoms with E-state index in [2.05, 4.69) is 42.5 Å². The van der Waals surface area contributed by atoms with Crippen LogP contribution >= 0.6 is 22.6 Å². The summed E-state index contributed by atoms with van der Waals surface area (Å²) in [7, 11) is 3.81. The number of fused-ring (bicyclic) bond motifs is 1. The zero-order valence-corrected chi connectivity index (χ0v) is 10.6. The molecule has 0 saturated heterocycles. The van der Waals surface area contributed by atoms with Crippen LogP contribution in [0.4, 0.5) is 5.95 Å². The van der Waals surface area contributed by atoms with Crippen LogP contribution in [0.5, 0.6) is 0 Å². The fourth-order valence-corrected chi connectivity index (χ4v) is 1.67. The van der Waals surface area contributed by atoms with Crippen molar-refractivity contribution in [3.8, 4) is 0 Å². The lowest BCUT2D eigenvalue weighted by molar-refractivity contribution is 0.642. The Bertz CT molecular complexity index is 502. The van der Waals surface area contributed by atoms with E-state index in [0.29, 0.717) is 5.95 Å². The highest BCUT2D eigenvalue weighted by Crippen LogP contribution is 2.18. The molecule has 2 aromatic rings. The third kappa shape index (κ3) is 2.25. The lowest BCUT2D eigenvalue weighted by Gasteiger charge is -2.01. The van der Waals surface area contributed by atoms with E-state index in [1.54, 1.807) is 12.5 Å². The van der Waals surface area contributed by atoms with Gasteiger partial charge in [-0.2, -0.15) is 0 Å². The van der Waals surface area contributed by atoms with E-state index < -0.39 is 0 Å². The number of aromatic amines is 1. The Balaban J connectivity index is 2.41. The molecule has 2 heterocycles. The van der Waals surface area contributed by atoms with Gasteiger partial charge in [-0.3, -0.25) is 0 Å². The van der Waals surface area contributed by atoms with Gasteiger partial charge >= 0.3 is 0 Å². The molecule has 0 spiro atoms. The van der Waals surface area contributed by atoms with Gasteiger partial charge < -0.3 is 9.88 Å². The molecule has 0 atom stereocenters. The number of aliphatic imine (C=N–C) groups is 1. The molecule has 0 amide bonds. The number of rotatable bonds is 2. The van der Waals surface area contributed by atoms with E-state index in [-0.39, 0.29) is 0 Å². The minimum atomic E-state index is 0.480. The summed E-state index contributed by atoms with van der Waals surface area (Å²) in [5, 5.41) is 0. The largest absolute Gasteiger partial charge is 0.369 e. The van der Waals surface area contributed by atoms with E-state index in [1.807, 2.05) is 25.2 Å². The van der Waals surface area contributed by atoms with Crippen LogP contribution in [-0.4, -0.2) is 40.3 Å². The Labute approximate surface area is 101 Å². The quantitative estimate of drug-likeness (QED) is 0.522. The van der Waals surface area contributed by atoms with Crippen molar-refractivity contribution in [2.45, 2.75) is 0 Å². The number of aromatic nitrogens is 3. The van der Waals surface area contributed by atoms with Gasteiger partial charge in [0.05, 0.1) is 21.6 Å². The Kier molecular flexibility index (Phi) is 2.85. The summed E-state index contributed by atoms with van der Waals surface area (Å²) in [4.78, 5) is 17.5. The molecule has 78 valence electrons. The van der Waals surface area contributed by atoms with Crippen molar-refractivity contribution >= 4 is 45.9 Å². The van der Waals surface area contributed by atoms with Crippen molar-refractivity contribution in [1.82, 2.24) is 19.9 Å². The van der Waals surface area contributed by atoms with E-state index in [9.17, 15) is 0 Å². The lowest BCUT2D eigenvalue weighted by atomic mass is 10.5. The number of H-pyrrole nitrogens is 1. The topological polar surface area (TPSA) is 57.2 Å². The molecule has 0 unspecified atom stereocenters. The Morgan fingerprint density at radius 3 is 3.07 bits per heavy atom. The first kappa shape index (κ1) is 10.3. The van der Waals surface area contributed by atoms with Gasteiger partial charge in [0, 0.05) is 20.3 Å². The average Bonchev–Trinajstić information content (AvgIpc) is 2.57. The van der Waals surface area contributed by atoms with E-state index >= 15 is 0 Å². The number of hydrogen-bond acceptors (Lipinski definition) is 3. The van der Waals surface area contributed by atoms with Crippen molar-refractivity contribution in [3.05, 3.63) is 16.0 Å². The van der Waals surface area contributed by atoms with Gasteiger partial charge in [0.2, 0.25) is 0 Å². The standard InChI is InChI=1S/C9H10IN5/c1-15(2)5-13-9-12-4-7-8(14-9)6(10)3-11-7/h3-5,11H,1-2H3. The number of nitrogens with one attached hydrogen (secondary N) is 1. The van der Waals surface area contributed by atoms with Gasteiger partial charge in [0.25, 0.3) is 5.95 Å². The van der Waals surface area contributed by atoms with Gasteiger partial charge in [-0.15, -0.1) is 0 Å². The number of nitrogens with zero attached hydrogens (tertiary/aromatic N) is 4. The molecule has 0 aliphatic carbocycles. The molecule has 5 nitrogen and oxygen atoms in total. The zero-order valence-electron chi connectivity index (χ0n) is 8.40. The maximum Gasteiger partial charge on any atom is 0.251 e. The van der Waals surface area contributed by atoms with Crippen molar-refractivity contribution in [3.63, 3.8) is 0 Å². The van der Waals surface area contributed by atoms with Crippen LogP contribution in [0.15, 0.2) is 17.4 Å². The monoisotopic (exact) mass is 315 g/mol. The summed E-state index contributed by atoms with van der Waals surface area (Å²) in [6.45, 7) is 0. The molecule has 0 aliphatic rings. The summed E-state index contributed by atoms with van der Waals surface area (Å²) in [6.07, 6.45) is 5.33. The molecular formula is C9H10IN5. The SMILES string of the molecule is CN(C)C=Nc1ncc2[nH]cc(I)c2n1. The third-order valence-electron chi connectivity index (χ3n) is 1.76. The molecule has 0 radical (unpaired) electrons.